The molecule has 1 atom stereocenters. The van der Waals surface area contributed by atoms with Crippen molar-refractivity contribution >= 4 is 43.3 Å². The second-order valence-corrected chi connectivity index (χ2v) is 10.3. The lowest BCUT2D eigenvalue weighted by atomic mass is 10.2. The van der Waals surface area contributed by atoms with Crippen LogP contribution in [-0.2, 0) is 24.8 Å². The van der Waals surface area contributed by atoms with Gasteiger partial charge in [0.15, 0.2) is 0 Å². The third kappa shape index (κ3) is 5.59. The fourth-order valence-corrected chi connectivity index (χ4v) is 5.01. The standard InChI is InChI=1S/C20H21N5O5S2/c1-15(25(31(2,27)28)17-7-4-3-5-8-17)19(26)23-16-9-11-18(12-10-16)32(29,30)24-20-21-13-6-14-22-20/h3-15H,1-2H3,(H,23,26)(H,21,22,24)/t15-/m1/s1. The molecule has 1 aromatic heterocycles. The molecule has 0 unspecified atom stereocenters. The molecular weight excluding hydrogens is 454 g/mol. The molecule has 0 radical (unpaired) electrons. The maximum atomic E-state index is 12.7. The summed E-state index contributed by atoms with van der Waals surface area (Å²) in [5, 5.41) is 2.61. The van der Waals surface area contributed by atoms with Gasteiger partial charge in [0.05, 0.1) is 16.8 Å². The number of carbonyl (C=O) groups excluding carboxylic acids is 1. The molecule has 0 aliphatic rings. The molecule has 32 heavy (non-hydrogen) atoms. The SMILES string of the molecule is C[C@H](C(=O)Nc1ccc(S(=O)(=O)Nc2ncccn2)cc1)N(c1ccccc1)S(C)(=O)=O. The van der Waals surface area contributed by atoms with E-state index in [1.165, 1.54) is 43.6 Å². The summed E-state index contributed by atoms with van der Waals surface area (Å²) < 4.78 is 52.8. The third-order valence-corrected chi connectivity index (χ3v) is 6.91. The molecule has 2 N–H and O–H groups in total. The van der Waals surface area contributed by atoms with Gasteiger partial charge in [0.25, 0.3) is 10.0 Å². The van der Waals surface area contributed by atoms with Crippen LogP contribution >= 0.6 is 0 Å². The summed E-state index contributed by atoms with van der Waals surface area (Å²) in [6.07, 6.45) is 3.83. The molecule has 12 heteroatoms. The number of aromatic nitrogens is 2. The Labute approximate surface area is 186 Å². The van der Waals surface area contributed by atoms with E-state index >= 15 is 0 Å². The number of sulfonamides is 2. The summed E-state index contributed by atoms with van der Waals surface area (Å²) in [7, 11) is -7.66. The number of hydrogen-bond donors (Lipinski definition) is 2. The van der Waals surface area contributed by atoms with Crippen LogP contribution < -0.4 is 14.3 Å². The molecule has 0 aliphatic heterocycles. The van der Waals surface area contributed by atoms with Crippen LogP contribution in [0.5, 0.6) is 0 Å². The molecule has 3 rings (SSSR count). The Morgan fingerprint density at radius 1 is 0.906 bits per heavy atom. The van der Waals surface area contributed by atoms with Crippen LogP contribution in [0, 0.1) is 0 Å². The zero-order valence-electron chi connectivity index (χ0n) is 17.2. The number of nitrogens with one attached hydrogen (secondary N) is 2. The van der Waals surface area contributed by atoms with Crippen molar-refractivity contribution in [3.8, 4) is 0 Å². The Kier molecular flexibility index (Phi) is 6.75. The number of hydrogen-bond acceptors (Lipinski definition) is 7. The minimum absolute atomic E-state index is 0.0574. The van der Waals surface area contributed by atoms with E-state index in [0.29, 0.717) is 11.4 Å². The molecule has 3 aromatic rings. The molecule has 0 saturated heterocycles. The highest BCUT2D eigenvalue weighted by molar-refractivity contribution is 7.92. The third-order valence-electron chi connectivity index (χ3n) is 4.32. The molecular formula is C20H21N5O5S2. The van der Waals surface area contributed by atoms with Gasteiger partial charge in [-0.15, -0.1) is 0 Å². The number of rotatable bonds is 8. The first-order valence-electron chi connectivity index (χ1n) is 9.33. The van der Waals surface area contributed by atoms with E-state index in [0.717, 1.165) is 10.6 Å². The van der Waals surface area contributed by atoms with E-state index in [2.05, 4.69) is 20.0 Å². The first kappa shape index (κ1) is 23.2. The summed E-state index contributed by atoms with van der Waals surface area (Å²) >= 11 is 0. The minimum Gasteiger partial charge on any atom is -0.324 e. The highest BCUT2D eigenvalue weighted by Crippen LogP contribution is 2.22. The zero-order chi connectivity index (χ0) is 23.4. The van der Waals surface area contributed by atoms with Gasteiger partial charge in [-0.05, 0) is 49.4 Å². The maximum Gasteiger partial charge on any atom is 0.264 e. The van der Waals surface area contributed by atoms with Gasteiger partial charge in [0.2, 0.25) is 21.9 Å². The Balaban J connectivity index is 1.75. The Morgan fingerprint density at radius 3 is 2.06 bits per heavy atom. The molecule has 2 aromatic carbocycles. The van der Waals surface area contributed by atoms with Crippen LogP contribution in [0.25, 0.3) is 0 Å². The monoisotopic (exact) mass is 475 g/mol. The topological polar surface area (TPSA) is 138 Å². The van der Waals surface area contributed by atoms with Gasteiger partial charge in [0.1, 0.15) is 6.04 Å². The quantitative estimate of drug-likeness (QED) is 0.508. The van der Waals surface area contributed by atoms with Crippen LogP contribution in [0.4, 0.5) is 17.3 Å². The first-order valence-corrected chi connectivity index (χ1v) is 12.7. The molecule has 168 valence electrons. The lowest BCUT2D eigenvalue weighted by Crippen LogP contribution is -2.45. The molecule has 1 amide bonds. The Morgan fingerprint density at radius 2 is 1.50 bits per heavy atom. The molecule has 0 fully saturated rings. The van der Waals surface area contributed by atoms with Gasteiger partial charge in [-0.2, -0.15) is 0 Å². The van der Waals surface area contributed by atoms with E-state index in [9.17, 15) is 21.6 Å². The lowest BCUT2D eigenvalue weighted by Gasteiger charge is -2.28. The van der Waals surface area contributed by atoms with Gasteiger partial charge >= 0.3 is 0 Å². The highest BCUT2D eigenvalue weighted by Gasteiger charge is 2.29. The van der Waals surface area contributed by atoms with Crippen molar-refractivity contribution in [2.75, 3.05) is 20.6 Å². The van der Waals surface area contributed by atoms with E-state index in [1.807, 2.05) is 0 Å². The Hall–Kier alpha value is -3.51. The fourth-order valence-electron chi connectivity index (χ4n) is 2.88. The zero-order valence-corrected chi connectivity index (χ0v) is 18.8. The molecule has 0 spiro atoms. The number of amides is 1. The summed E-state index contributed by atoms with van der Waals surface area (Å²) in [5.74, 6) is -0.647. The summed E-state index contributed by atoms with van der Waals surface area (Å²) in [6, 6.07) is 14.2. The largest absolute Gasteiger partial charge is 0.324 e. The predicted molar refractivity (Wildman–Crippen MR) is 121 cm³/mol. The van der Waals surface area contributed by atoms with Crippen LogP contribution in [0.1, 0.15) is 6.92 Å². The van der Waals surface area contributed by atoms with Crippen molar-refractivity contribution in [3.05, 3.63) is 73.1 Å². The van der Waals surface area contributed by atoms with E-state index < -0.39 is 32.0 Å². The average Bonchev–Trinajstić information content (AvgIpc) is 2.74. The van der Waals surface area contributed by atoms with Gasteiger partial charge in [-0.3, -0.25) is 9.10 Å². The molecule has 0 aliphatic carbocycles. The number of benzene rings is 2. The summed E-state index contributed by atoms with van der Waals surface area (Å²) in [4.78, 5) is 20.3. The second-order valence-electron chi connectivity index (χ2n) is 6.76. The number of para-hydroxylation sites is 1. The van der Waals surface area contributed by atoms with Crippen LogP contribution in [0.2, 0.25) is 0 Å². The summed E-state index contributed by atoms with van der Waals surface area (Å²) in [5.41, 5.74) is 0.659. The molecule has 0 saturated carbocycles. The van der Waals surface area contributed by atoms with Gasteiger partial charge in [-0.25, -0.2) is 31.5 Å². The van der Waals surface area contributed by atoms with Crippen LogP contribution in [0.3, 0.4) is 0 Å². The maximum absolute atomic E-state index is 12.7. The smallest absolute Gasteiger partial charge is 0.264 e. The first-order chi connectivity index (χ1) is 15.1. The Bertz CT molecular complexity index is 1280. The van der Waals surface area contributed by atoms with Gasteiger partial charge < -0.3 is 5.32 Å². The van der Waals surface area contributed by atoms with Crippen molar-refractivity contribution in [3.63, 3.8) is 0 Å². The molecule has 10 nitrogen and oxygen atoms in total. The molecule has 1 heterocycles. The van der Waals surface area contributed by atoms with Crippen LogP contribution in [-0.4, -0.2) is 45.0 Å². The van der Waals surface area contributed by atoms with Gasteiger partial charge in [-0.1, -0.05) is 18.2 Å². The fraction of sp³-hybridized carbons (Fsp3) is 0.150. The van der Waals surface area contributed by atoms with E-state index in [1.54, 1.807) is 36.4 Å². The average molecular weight is 476 g/mol. The number of carbonyl (C=O) groups is 1. The summed E-state index contributed by atoms with van der Waals surface area (Å²) in [6.45, 7) is 1.46. The highest BCUT2D eigenvalue weighted by atomic mass is 32.2. The number of nitrogens with zero attached hydrogens (tertiary/aromatic N) is 3. The predicted octanol–water partition coefficient (Wildman–Crippen LogP) is 2.07. The lowest BCUT2D eigenvalue weighted by molar-refractivity contribution is -0.116. The van der Waals surface area contributed by atoms with E-state index in [-0.39, 0.29) is 10.8 Å². The van der Waals surface area contributed by atoms with Crippen molar-refractivity contribution in [1.82, 2.24) is 9.97 Å². The van der Waals surface area contributed by atoms with Crippen molar-refractivity contribution in [1.29, 1.82) is 0 Å². The normalized spacial score (nSPS) is 12.6. The number of anilines is 3. The van der Waals surface area contributed by atoms with E-state index in [4.69, 9.17) is 0 Å². The van der Waals surface area contributed by atoms with Gasteiger partial charge in [0, 0.05) is 18.1 Å². The van der Waals surface area contributed by atoms with Crippen LogP contribution in [0.15, 0.2) is 78.0 Å². The molecule has 0 bridgehead atoms. The van der Waals surface area contributed by atoms with Crippen molar-refractivity contribution in [2.24, 2.45) is 0 Å². The minimum atomic E-state index is -3.92. The van der Waals surface area contributed by atoms with Crippen molar-refractivity contribution < 1.29 is 21.6 Å². The second kappa shape index (κ2) is 9.32. The van der Waals surface area contributed by atoms with Crippen molar-refractivity contribution in [2.45, 2.75) is 17.9 Å².